The number of rotatable bonds is 3. The Kier molecular flexibility index (Phi) is 3.28. The Hall–Kier alpha value is -1.42. The van der Waals surface area contributed by atoms with Crippen LogP contribution in [0.15, 0.2) is 24.3 Å². The van der Waals surface area contributed by atoms with E-state index in [1.165, 1.54) is 6.07 Å². The molecule has 3 nitrogen and oxygen atoms in total. The van der Waals surface area contributed by atoms with Crippen molar-refractivity contribution in [1.82, 2.24) is 10.0 Å². The molecule has 0 N–H and O–H groups in total. The molecule has 2 heterocycles. The SMILES string of the molecule is CCCC1(C)CN2CC[C@@H](c3cccc(F)c3)N2C1=O. The van der Waals surface area contributed by atoms with Gasteiger partial charge in [0.25, 0.3) is 0 Å². The quantitative estimate of drug-likeness (QED) is 0.846. The molecular formula is C16H21FN2O. The number of carbonyl (C=O) groups excluding carboxylic acids is 1. The van der Waals surface area contributed by atoms with Gasteiger partial charge in [0.15, 0.2) is 0 Å². The molecule has 2 saturated heterocycles. The van der Waals surface area contributed by atoms with E-state index in [0.29, 0.717) is 0 Å². The maximum absolute atomic E-state index is 13.4. The van der Waals surface area contributed by atoms with Gasteiger partial charge in [0.2, 0.25) is 5.91 Å². The second kappa shape index (κ2) is 4.85. The molecule has 2 aliphatic heterocycles. The van der Waals surface area contributed by atoms with Gasteiger partial charge in [0.05, 0.1) is 11.5 Å². The summed E-state index contributed by atoms with van der Waals surface area (Å²) in [6, 6.07) is 6.64. The van der Waals surface area contributed by atoms with Crippen LogP contribution >= 0.6 is 0 Å². The second-order valence-corrected chi connectivity index (χ2v) is 6.21. The van der Waals surface area contributed by atoms with E-state index < -0.39 is 0 Å². The molecule has 0 radical (unpaired) electrons. The molecule has 1 aromatic rings. The van der Waals surface area contributed by atoms with E-state index in [9.17, 15) is 9.18 Å². The number of amides is 1. The molecule has 0 bridgehead atoms. The van der Waals surface area contributed by atoms with Gasteiger partial charge in [-0.2, -0.15) is 0 Å². The molecule has 0 aliphatic carbocycles. The highest BCUT2D eigenvalue weighted by Gasteiger charge is 2.52. The molecule has 2 atom stereocenters. The van der Waals surface area contributed by atoms with Crippen LogP contribution in [0, 0.1) is 11.2 Å². The molecule has 3 rings (SSSR count). The summed E-state index contributed by atoms with van der Waals surface area (Å²) in [6.45, 7) is 5.85. The molecule has 0 aromatic heterocycles. The first-order valence-electron chi connectivity index (χ1n) is 7.39. The van der Waals surface area contributed by atoms with Gasteiger partial charge in [-0.25, -0.2) is 9.40 Å². The highest BCUT2D eigenvalue weighted by molar-refractivity contribution is 5.84. The van der Waals surface area contributed by atoms with Gasteiger partial charge < -0.3 is 0 Å². The summed E-state index contributed by atoms with van der Waals surface area (Å²) in [5.74, 6) is -0.0324. The topological polar surface area (TPSA) is 23.6 Å². The van der Waals surface area contributed by atoms with Gasteiger partial charge in [0.1, 0.15) is 5.82 Å². The monoisotopic (exact) mass is 276 g/mol. The fourth-order valence-electron chi connectivity index (χ4n) is 3.63. The molecule has 1 unspecified atom stereocenters. The van der Waals surface area contributed by atoms with E-state index in [1.807, 2.05) is 11.1 Å². The lowest BCUT2D eigenvalue weighted by Gasteiger charge is -2.26. The maximum atomic E-state index is 13.4. The number of nitrogens with zero attached hydrogens (tertiary/aromatic N) is 2. The van der Waals surface area contributed by atoms with E-state index in [-0.39, 0.29) is 23.2 Å². The minimum absolute atomic E-state index is 0.00289. The van der Waals surface area contributed by atoms with Crippen LogP contribution in [0.4, 0.5) is 4.39 Å². The van der Waals surface area contributed by atoms with E-state index in [2.05, 4.69) is 18.9 Å². The Labute approximate surface area is 119 Å². The van der Waals surface area contributed by atoms with Gasteiger partial charge >= 0.3 is 0 Å². The zero-order valence-electron chi connectivity index (χ0n) is 12.1. The van der Waals surface area contributed by atoms with Gasteiger partial charge in [0, 0.05) is 13.1 Å². The third-order valence-corrected chi connectivity index (χ3v) is 4.55. The number of halogens is 1. The Morgan fingerprint density at radius 2 is 2.25 bits per heavy atom. The van der Waals surface area contributed by atoms with E-state index >= 15 is 0 Å². The van der Waals surface area contributed by atoms with Crippen molar-refractivity contribution in [3.05, 3.63) is 35.6 Å². The summed E-state index contributed by atoms with van der Waals surface area (Å²) >= 11 is 0. The smallest absolute Gasteiger partial charge is 0.244 e. The van der Waals surface area contributed by atoms with Crippen LogP contribution in [-0.2, 0) is 4.79 Å². The number of fused-ring (bicyclic) bond motifs is 1. The van der Waals surface area contributed by atoms with Crippen molar-refractivity contribution in [2.24, 2.45) is 5.41 Å². The molecular weight excluding hydrogens is 255 g/mol. The molecule has 1 aromatic carbocycles. The number of hydrogen-bond donors (Lipinski definition) is 0. The fraction of sp³-hybridized carbons (Fsp3) is 0.562. The number of hydrazine groups is 1. The second-order valence-electron chi connectivity index (χ2n) is 6.21. The van der Waals surface area contributed by atoms with Crippen molar-refractivity contribution in [2.45, 2.75) is 39.2 Å². The predicted octanol–water partition coefficient (Wildman–Crippen LogP) is 3.14. The van der Waals surface area contributed by atoms with E-state index in [0.717, 1.165) is 37.9 Å². The minimum Gasteiger partial charge on any atom is -0.273 e. The zero-order chi connectivity index (χ0) is 14.3. The van der Waals surface area contributed by atoms with Crippen LogP contribution < -0.4 is 0 Å². The summed E-state index contributed by atoms with van der Waals surface area (Å²) in [5.41, 5.74) is 0.627. The van der Waals surface area contributed by atoms with Crippen molar-refractivity contribution in [3.63, 3.8) is 0 Å². The lowest BCUT2D eigenvalue weighted by molar-refractivity contribution is -0.142. The van der Waals surface area contributed by atoms with Gasteiger partial charge in [-0.3, -0.25) is 9.80 Å². The van der Waals surface area contributed by atoms with Crippen LogP contribution in [0.5, 0.6) is 0 Å². The molecule has 108 valence electrons. The lowest BCUT2D eigenvalue weighted by atomic mass is 9.85. The highest BCUT2D eigenvalue weighted by atomic mass is 19.1. The number of hydrogen-bond acceptors (Lipinski definition) is 2. The lowest BCUT2D eigenvalue weighted by Crippen LogP contribution is -2.36. The van der Waals surface area contributed by atoms with Crippen LogP contribution in [-0.4, -0.2) is 29.0 Å². The Balaban J connectivity index is 1.89. The Bertz CT molecular complexity index is 533. The molecule has 2 fully saturated rings. The molecule has 0 spiro atoms. The van der Waals surface area contributed by atoms with E-state index in [1.54, 1.807) is 12.1 Å². The fourth-order valence-corrected chi connectivity index (χ4v) is 3.63. The predicted molar refractivity (Wildman–Crippen MR) is 75.2 cm³/mol. The molecule has 2 aliphatic rings. The van der Waals surface area contributed by atoms with Crippen molar-refractivity contribution in [1.29, 1.82) is 0 Å². The first-order chi connectivity index (χ1) is 9.55. The highest BCUT2D eigenvalue weighted by Crippen LogP contribution is 2.44. The number of benzene rings is 1. The zero-order valence-corrected chi connectivity index (χ0v) is 12.1. The first kappa shape index (κ1) is 13.6. The molecule has 20 heavy (non-hydrogen) atoms. The normalized spacial score (nSPS) is 30.1. The van der Waals surface area contributed by atoms with Crippen LogP contribution in [0.25, 0.3) is 0 Å². The minimum atomic E-state index is -0.277. The maximum Gasteiger partial charge on any atom is 0.244 e. The standard InChI is InChI=1S/C16H21FN2O/c1-3-8-16(2)11-18-9-7-14(19(18)15(16)20)12-5-4-6-13(17)10-12/h4-6,10,14H,3,7-9,11H2,1-2H3/t14-,16?/m0/s1. The third kappa shape index (κ3) is 2.03. The first-order valence-corrected chi connectivity index (χ1v) is 7.39. The summed E-state index contributed by atoms with van der Waals surface area (Å²) in [5, 5.41) is 4.03. The van der Waals surface area contributed by atoms with Crippen molar-refractivity contribution < 1.29 is 9.18 Å². The van der Waals surface area contributed by atoms with Crippen LogP contribution in [0.1, 0.15) is 44.7 Å². The molecule has 4 heteroatoms. The van der Waals surface area contributed by atoms with Gasteiger partial charge in [-0.05, 0) is 37.5 Å². The van der Waals surface area contributed by atoms with Gasteiger partial charge in [-0.1, -0.05) is 25.5 Å². The number of carbonyl (C=O) groups is 1. The average molecular weight is 276 g/mol. The van der Waals surface area contributed by atoms with Crippen LogP contribution in [0.3, 0.4) is 0 Å². The van der Waals surface area contributed by atoms with Crippen molar-refractivity contribution in [2.75, 3.05) is 13.1 Å². The summed E-state index contributed by atoms with van der Waals surface area (Å²) in [6.07, 6.45) is 2.81. The third-order valence-electron chi connectivity index (χ3n) is 4.55. The van der Waals surface area contributed by atoms with Crippen molar-refractivity contribution in [3.8, 4) is 0 Å². The summed E-state index contributed by atoms with van der Waals surface area (Å²) < 4.78 is 13.4. The Morgan fingerprint density at radius 3 is 2.95 bits per heavy atom. The average Bonchev–Trinajstić information content (AvgIpc) is 2.90. The summed E-state index contributed by atoms with van der Waals surface area (Å²) in [4.78, 5) is 12.8. The van der Waals surface area contributed by atoms with Crippen LogP contribution in [0.2, 0.25) is 0 Å². The largest absolute Gasteiger partial charge is 0.273 e. The molecule has 1 amide bonds. The van der Waals surface area contributed by atoms with Gasteiger partial charge in [-0.15, -0.1) is 0 Å². The Morgan fingerprint density at radius 1 is 1.45 bits per heavy atom. The summed E-state index contributed by atoms with van der Waals surface area (Å²) in [7, 11) is 0. The van der Waals surface area contributed by atoms with E-state index in [4.69, 9.17) is 0 Å². The van der Waals surface area contributed by atoms with Crippen molar-refractivity contribution >= 4 is 5.91 Å². The molecule has 0 saturated carbocycles.